The number of carbonyl (C=O) groups excluding carboxylic acids is 2. The van der Waals surface area contributed by atoms with Crippen LogP contribution < -0.4 is 16.0 Å². The van der Waals surface area contributed by atoms with E-state index in [2.05, 4.69) is 37.8 Å². The molecule has 0 aromatic heterocycles. The number of likely N-dealkylation sites (N-methyl/N-ethyl adjacent to an activating group) is 1. The van der Waals surface area contributed by atoms with E-state index in [1.807, 2.05) is 56.3 Å². The highest BCUT2D eigenvalue weighted by molar-refractivity contribution is 6.00. The number of aliphatic imine (C=N–C) groups is 1. The molecule has 10 heteroatoms. The summed E-state index contributed by atoms with van der Waals surface area (Å²) in [5, 5.41) is 20.0. The molecule has 2 aromatic carbocycles. The van der Waals surface area contributed by atoms with Crippen LogP contribution in [-0.4, -0.2) is 90.5 Å². The van der Waals surface area contributed by atoms with E-state index in [1.54, 1.807) is 23.3 Å². The van der Waals surface area contributed by atoms with Crippen LogP contribution in [0.1, 0.15) is 41.4 Å². The molecule has 5 rings (SSSR count). The molecule has 3 aliphatic rings. The molecular formula is C29H37N7O3. The Morgan fingerprint density at radius 1 is 1.15 bits per heavy atom. The van der Waals surface area contributed by atoms with Gasteiger partial charge in [-0.3, -0.25) is 19.4 Å². The summed E-state index contributed by atoms with van der Waals surface area (Å²) in [4.78, 5) is 36.9. The zero-order chi connectivity index (χ0) is 27.6. The van der Waals surface area contributed by atoms with Gasteiger partial charge < -0.3 is 26.0 Å². The zero-order valence-electron chi connectivity index (χ0n) is 22.7. The molecule has 4 N–H and O–H groups in total. The van der Waals surface area contributed by atoms with E-state index < -0.39 is 17.9 Å². The molecule has 0 aliphatic carbocycles. The van der Waals surface area contributed by atoms with Crippen LogP contribution in [0.2, 0.25) is 0 Å². The Morgan fingerprint density at radius 2 is 1.90 bits per heavy atom. The van der Waals surface area contributed by atoms with Crippen molar-refractivity contribution < 1.29 is 14.7 Å². The van der Waals surface area contributed by atoms with Crippen molar-refractivity contribution in [1.29, 1.82) is 0 Å². The number of allylic oxidation sites excluding steroid dienone is 1. The predicted octanol–water partition coefficient (Wildman–Crippen LogP) is 1.69. The number of hydrogen-bond acceptors (Lipinski definition) is 8. The maximum atomic E-state index is 13.9. The summed E-state index contributed by atoms with van der Waals surface area (Å²) in [5.74, 6) is 0.366. The fourth-order valence-corrected chi connectivity index (χ4v) is 5.25. The molecule has 0 radical (unpaired) electrons. The monoisotopic (exact) mass is 531 g/mol. The number of anilines is 1. The highest BCUT2D eigenvalue weighted by Gasteiger charge is 2.36. The van der Waals surface area contributed by atoms with Gasteiger partial charge in [-0.15, -0.1) is 0 Å². The minimum atomic E-state index is -0.709. The Labute approximate surface area is 229 Å². The van der Waals surface area contributed by atoms with Crippen LogP contribution in [0.25, 0.3) is 0 Å². The second-order valence-corrected chi connectivity index (χ2v) is 10.8. The lowest BCUT2D eigenvalue weighted by Gasteiger charge is -2.38. The maximum Gasteiger partial charge on any atom is 0.252 e. The molecule has 0 saturated carbocycles. The Hall–Kier alpha value is -3.73. The number of aliphatic hydroxyl groups excluding tert-OH is 1. The van der Waals surface area contributed by atoms with E-state index in [4.69, 9.17) is 0 Å². The third kappa shape index (κ3) is 5.83. The van der Waals surface area contributed by atoms with Gasteiger partial charge in [-0.25, -0.2) is 4.99 Å². The van der Waals surface area contributed by atoms with Gasteiger partial charge in [0, 0.05) is 43.6 Å². The van der Waals surface area contributed by atoms with Gasteiger partial charge in [-0.1, -0.05) is 30.3 Å². The average Bonchev–Trinajstić information content (AvgIpc) is 3.16. The minimum absolute atomic E-state index is 0.0911. The minimum Gasteiger partial charge on any atom is -0.394 e. The first kappa shape index (κ1) is 26.9. The SMILES string of the molecule is CN1CCN(CC(=O)N2C(N[C@H](CO)c3ccccc3)=CC=NC2Nc2ccc3c(c2)C(C)(C)NC3=O)CC1. The molecule has 0 spiro atoms. The fraction of sp³-hybridized carbons (Fsp3) is 0.414. The molecule has 2 amide bonds. The topological polar surface area (TPSA) is 113 Å². The molecule has 39 heavy (non-hydrogen) atoms. The third-order valence-corrected chi connectivity index (χ3v) is 7.55. The van der Waals surface area contributed by atoms with Crippen LogP contribution in [0.4, 0.5) is 5.69 Å². The Bertz CT molecular complexity index is 1270. The van der Waals surface area contributed by atoms with Gasteiger partial charge in [0.1, 0.15) is 5.82 Å². The van der Waals surface area contributed by atoms with Crippen molar-refractivity contribution in [3.8, 4) is 0 Å². The lowest BCUT2D eigenvalue weighted by Crippen LogP contribution is -2.54. The molecule has 0 bridgehead atoms. The van der Waals surface area contributed by atoms with Crippen LogP contribution in [0.3, 0.4) is 0 Å². The molecule has 1 unspecified atom stereocenters. The van der Waals surface area contributed by atoms with E-state index >= 15 is 0 Å². The molecular weight excluding hydrogens is 494 g/mol. The predicted molar refractivity (Wildman–Crippen MR) is 151 cm³/mol. The van der Waals surface area contributed by atoms with Crippen molar-refractivity contribution in [3.63, 3.8) is 0 Å². The third-order valence-electron chi connectivity index (χ3n) is 7.55. The number of carbonyl (C=O) groups is 2. The van der Waals surface area contributed by atoms with Crippen molar-refractivity contribution in [2.75, 3.05) is 51.7 Å². The second-order valence-electron chi connectivity index (χ2n) is 10.8. The highest BCUT2D eigenvalue weighted by Crippen LogP contribution is 2.33. The normalized spacial score (nSPS) is 21.6. The summed E-state index contributed by atoms with van der Waals surface area (Å²) >= 11 is 0. The number of rotatable bonds is 8. The number of fused-ring (bicyclic) bond motifs is 1. The summed E-state index contributed by atoms with van der Waals surface area (Å²) < 4.78 is 0. The molecule has 1 saturated heterocycles. The van der Waals surface area contributed by atoms with Crippen LogP contribution in [0.15, 0.2) is 65.4 Å². The first-order chi connectivity index (χ1) is 18.7. The second kappa shape index (κ2) is 11.2. The van der Waals surface area contributed by atoms with E-state index in [9.17, 15) is 14.7 Å². The van der Waals surface area contributed by atoms with Gasteiger partial charge in [0.2, 0.25) is 12.2 Å². The van der Waals surface area contributed by atoms with Crippen LogP contribution in [0, 0.1) is 0 Å². The molecule has 3 heterocycles. The summed E-state index contributed by atoms with van der Waals surface area (Å²) in [5.41, 5.74) is 2.72. The van der Waals surface area contributed by atoms with Gasteiger partial charge in [-0.05, 0) is 56.3 Å². The molecule has 3 aliphatic heterocycles. The van der Waals surface area contributed by atoms with E-state index in [1.165, 1.54) is 0 Å². The lowest BCUT2D eigenvalue weighted by atomic mass is 9.94. The quantitative estimate of drug-likeness (QED) is 0.410. The summed E-state index contributed by atoms with van der Waals surface area (Å²) in [6.45, 7) is 7.49. The summed E-state index contributed by atoms with van der Waals surface area (Å²) in [6, 6.07) is 14.8. The summed E-state index contributed by atoms with van der Waals surface area (Å²) in [7, 11) is 2.09. The Kier molecular flexibility index (Phi) is 7.69. The molecule has 1 fully saturated rings. The van der Waals surface area contributed by atoms with Gasteiger partial charge in [0.05, 0.1) is 24.7 Å². The van der Waals surface area contributed by atoms with Crippen molar-refractivity contribution in [2.24, 2.45) is 4.99 Å². The van der Waals surface area contributed by atoms with Crippen LogP contribution in [-0.2, 0) is 10.3 Å². The lowest BCUT2D eigenvalue weighted by molar-refractivity contribution is -0.132. The first-order valence-corrected chi connectivity index (χ1v) is 13.4. The number of nitrogens with zero attached hydrogens (tertiary/aromatic N) is 4. The van der Waals surface area contributed by atoms with Gasteiger partial charge in [0.15, 0.2) is 0 Å². The van der Waals surface area contributed by atoms with Gasteiger partial charge >= 0.3 is 0 Å². The smallest absolute Gasteiger partial charge is 0.252 e. The molecule has 2 atom stereocenters. The van der Waals surface area contributed by atoms with Gasteiger partial charge in [-0.2, -0.15) is 0 Å². The summed E-state index contributed by atoms with van der Waals surface area (Å²) in [6.07, 6.45) is 2.72. The van der Waals surface area contributed by atoms with Gasteiger partial charge in [0.25, 0.3) is 5.91 Å². The van der Waals surface area contributed by atoms with Crippen molar-refractivity contribution in [2.45, 2.75) is 31.7 Å². The number of piperazine rings is 1. The highest BCUT2D eigenvalue weighted by atomic mass is 16.3. The average molecular weight is 532 g/mol. The van der Waals surface area contributed by atoms with E-state index in [-0.39, 0.29) is 25.0 Å². The largest absolute Gasteiger partial charge is 0.394 e. The molecule has 2 aromatic rings. The number of aliphatic hydroxyl groups is 1. The standard InChI is InChI=1S/C29H37N7O3/c1-29(2)23-17-21(9-10-22(23)27(39)33-29)31-28-30-12-11-25(32-24(19-37)20-7-5-4-6-8-20)36(28)26(38)18-35-15-13-34(3)14-16-35/h4-12,17,24,28,31-32,37H,13-16,18-19H2,1-3H3,(H,33,39)/t24-,28?/m1/s1. The van der Waals surface area contributed by atoms with Crippen molar-refractivity contribution in [3.05, 3.63) is 77.1 Å². The van der Waals surface area contributed by atoms with Crippen LogP contribution in [0.5, 0.6) is 0 Å². The number of nitrogens with one attached hydrogen (secondary N) is 3. The number of hydrogen-bond donors (Lipinski definition) is 4. The maximum absolute atomic E-state index is 13.9. The van der Waals surface area contributed by atoms with E-state index in [0.29, 0.717) is 11.4 Å². The van der Waals surface area contributed by atoms with Crippen LogP contribution >= 0.6 is 0 Å². The van der Waals surface area contributed by atoms with Crippen molar-refractivity contribution >= 4 is 23.7 Å². The molecule has 206 valence electrons. The Balaban J connectivity index is 1.41. The Morgan fingerprint density at radius 3 is 2.62 bits per heavy atom. The van der Waals surface area contributed by atoms with Crippen molar-refractivity contribution in [1.82, 2.24) is 25.3 Å². The fourth-order valence-electron chi connectivity index (χ4n) is 5.25. The zero-order valence-corrected chi connectivity index (χ0v) is 22.7. The number of amides is 2. The number of benzene rings is 2. The molecule has 10 nitrogen and oxygen atoms in total. The first-order valence-electron chi connectivity index (χ1n) is 13.4. The van der Waals surface area contributed by atoms with E-state index in [0.717, 1.165) is 43.0 Å².